The number of anilines is 1. The molecule has 2 aliphatic heterocycles. The first kappa shape index (κ1) is 21.6. The molecule has 1 unspecified atom stereocenters. The van der Waals surface area contributed by atoms with Crippen LogP contribution in [0.2, 0.25) is 0 Å². The van der Waals surface area contributed by atoms with Crippen molar-refractivity contribution in [1.82, 2.24) is 19.4 Å². The van der Waals surface area contributed by atoms with Crippen LogP contribution in [0.15, 0.2) is 36.7 Å². The maximum absolute atomic E-state index is 10.4. The number of nitrogens with one attached hydrogen (secondary N) is 1. The SMILES string of the molecule is COc1cc2c(C3(C#N)Cc4cccnc4N3)cn(CCN3CCN(C)CC3)c2cc1OC. The molecule has 1 N–H and O–H groups in total. The molecule has 1 fully saturated rings. The number of aromatic nitrogens is 2. The number of pyridine rings is 1. The standard InChI is InChI=1S/C25H30N6O2/c1-29-7-9-30(10-8-29)11-12-31-16-20(19-13-22(32-2)23(33-3)14-21(19)31)25(17-26)15-18-5-4-6-27-24(18)28-25/h4-6,13-14,16H,7-12,15H2,1-3H3,(H,27,28). The fourth-order valence-electron chi connectivity index (χ4n) is 4.98. The minimum Gasteiger partial charge on any atom is -0.493 e. The zero-order valence-electron chi connectivity index (χ0n) is 19.5. The largest absolute Gasteiger partial charge is 0.493 e. The summed E-state index contributed by atoms with van der Waals surface area (Å²) in [5, 5.41) is 14.8. The maximum atomic E-state index is 10.4. The van der Waals surface area contributed by atoms with Gasteiger partial charge in [-0.1, -0.05) is 6.07 Å². The molecule has 0 bridgehead atoms. The van der Waals surface area contributed by atoms with Crippen molar-refractivity contribution in [1.29, 1.82) is 5.26 Å². The fraction of sp³-hybridized carbons (Fsp3) is 0.440. The molecule has 0 spiro atoms. The molecule has 0 aliphatic carbocycles. The number of benzene rings is 1. The van der Waals surface area contributed by atoms with Crippen LogP contribution in [0.25, 0.3) is 10.9 Å². The maximum Gasteiger partial charge on any atom is 0.162 e. The molecule has 0 radical (unpaired) electrons. The second-order valence-corrected chi connectivity index (χ2v) is 8.94. The summed E-state index contributed by atoms with van der Waals surface area (Å²) in [6.45, 7) is 6.13. The van der Waals surface area contributed by atoms with Gasteiger partial charge in [0, 0.05) is 75.1 Å². The van der Waals surface area contributed by atoms with Crippen molar-refractivity contribution in [2.24, 2.45) is 0 Å². The fourth-order valence-corrected chi connectivity index (χ4v) is 4.98. The lowest BCUT2D eigenvalue weighted by molar-refractivity contribution is 0.150. The number of nitriles is 1. The zero-order valence-corrected chi connectivity index (χ0v) is 19.5. The van der Waals surface area contributed by atoms with Gasteiger partial charge in [-0.25, -0.2) is 4.98 Å². The molecule has 3 aromatic rings. The molecule has 1 aromatic carbocycles. The quantitative estimate of drug-likeness (QED) is 0.624. The minimum absolute atomic E-state index is 0.568. The second-order valence-electron chi connectivity index (χ2n) is 8.94. The van der Waals surface area contributed by atoms with Crippen LogP contribution in [0.1, 0.15) is 11.1 Å². The van der Waals surface area contributed by atoms with Crippen LogP contribution in [0.3, 0.4) is 0 Å². The van der Waals surface area contributed by atoms with E-state index in [1.54, 1.807) is 20.4 Å². The van der Waals surface area contributed by atoms with Crippen molar-refractivity contribution in [2.75, 3.05) is 59.3 Å². The lowest BCUT2D eigenvalue weighted by Gasteiger charge is -2.32. The van der Waals surface area contributed by atoms with Gasteiger partial charge in [-0.15, -0.1) is 0 Å². The highest BCUT2D eigenvalue weighted by Crippen LogP contribution is 2.43. The van der Waals surface area contributed by atoms with Gasteiger partial charge >= 0.3 is 0 Å². The number of rotatable bonds is 6. The first-order chi connectivity index (χ1) is 16.1. The first-order valence-electron chi connectivity index (χ1n) is 11.4. The van der Waals surface area contributed by atoms with Gasteiger partial charge in [0.1, 0.15) is 5.82 Å². The summed E-state index contributed by atoms with van der Waals surface area (Å²) in [4.78, 5) is 9.32. The van der Waals surface area contributed by atoms with Crippen molar-refractivity contribution in [3.8, 4) is 17.6 Å². The van der Waals surface area contributed by atoms with E-state index in [9.17, 15) is 5.26 Å². The molecular formula is C25H30N6O2. The predicted octanol–water partition coefficient (Wildman–Crippen LogP) is 2.69. The van der Waals surface area contributed by atoms with E-state index in [0.717, 1.165) is 67.1 Å². The summed E-state index contributed by atoms with van der Waals surface area (Å²) in [5.41, 5.74) is 2.15. The third kappa shape index (κ3) is 3.77. The summed E-state index contributed by atoms with van der Waals surface area (Å²) < 4.78 is 13.5. The Bertz CT molecular complexity index is 1180. The number of hydrogen-bond donors (Lipinski definition) is 1. The lowest BCUT2D eigenvalue weighted by atomic mass is 9.88. The number of likely N-dealkylation sites (N-methyl/N-ethyl adjacent to an activating group) is 1. The average molecular weight is 447 g/mol. The van der Waals surface area contributed by atoms with Crippen LogP contribution in [0.5, 0.6) is 11.5 Å². The van der Waals surface area contributed by atoms with Crippen LogP contribution in [-0.2, 0) is 18.5 Å². The Labute approximate surface area is 194 Å². The van der Waals surface area contributed by atoms with Crippen LogP contribution in [-0.4, -0.2) is 73.3 Å². The molecule has 2 aromatic heterocycles. The molecule has 2 aliphatic rings. The summed E-state index contributed by atoms with van der Waals surface area (Å²) >= 11 is 0. The highest BCUT2D eigenvalue weighted by molar-refractivity contribution is 5.90. The van der Waals surface area contributed by atoms with E-state index >= 15 is 0 Å². The van der Waals surface area contributed by atoms with Gasteiger partial charge < -0.3 is 24.3 Å². The van der Waals surface area contributed by atoms with Gasteiger partial charge in [-0.2, -0.15) is 5.26 Å². The van der Waals surface area contributed by atoms with E-state index in [1.165, 1.54) is 0 Å². The van der Waals surface area contributed by atoms with Crippen molar-refractivity contribution >= 4 is 16.7 Å². The summed E-state index contributed by atoms with van der Waals surface area (Å²) in [6.07, 6.45) is 4.45. The van der Waals surface area contributed by atoms with Gasteiger partial charge in [0.25, 0.3) is 0 Å². The summed E-state index contributed by atoms with van der Waals surface area (Å²) in [7, 11) is 5.46. The van der Waals surface area contributed by atoms with Crippen LogP contribution in [0.4, 0.5) is 5.82 Å². The van der Waals surface area contributed by atoms with Gasteiger partial charge in [0.2, 0.25) is 0 Å². The van der Waals surface area contributed by atoms with E-state index in [0.29, 0.717) is 17.9 Å². The van der Waals surface area contributed by atoms with Gasteiger partial charge in [0.05, 0.1) is 25.8 Å². The van der Waals surface area contributed by atoms with Gasteiger partial charge in [0.15, 0.2) is 17.0 Å². The summed E-state index contributed by atoms with van der Waals surface area (Å²) in [5.74, 6) is 2.12. The minimum atomic E-state index is -0.881. The Hall–Kier alpha value is -3.28. The van der Waals surface area contributed by atoms with Crippen LogP contribution in [0, 0.1) is 11.3 Å². The first-order valence-corrected chi connectivity index (χ1v) is 11.4. The highest BCUT2D eigenvalue weighted by Gasteiger charge is 2.42. The number of methoxy groups -OCH3 is 2. The monoisotopic (exact) mass is 446 g/mol. The van der Waals surface area contributed by atoms with Crippen LogP contribution < -0.4 is 14.8 Å². The molecule has 4 heterocycles. The Morgan fingerprint density at radius 2 is 1.88 bits per heavy atom. The normalized spacial score (nSPS) is 20.9. The second kappa shape index (κ2) is 8.58. The topological polar surface area (TPSA) is 78.6 Å². The van der Waals surface area contributed by atoms with Crippen LogP contribution >= 0.6 is 0 Å². The highest BCUT2D eigenvalue weighted by atomic mass is 16.5. The lowest BCUT2D eigenvalue weighted by Crippen LogP contribution is -2.45. The summed E-state index contributed by atoms with van der Waals surface area (Å²) in [6, 6.07) is 10.5. The molecule has 8 nitrogen and oxygen atoms in total. The average Bonchev–Trinajstić information content (AvgIpc) is 3.41. The molecule has 8 heteroatoms. The Balaban J connectivity index is 1.56. The number of hydrogen-bond acceptors (Lipinski definition) is 7. The van der Waals surface area contributed by atoms with Crippen molar-refractivity contribution < 1.29 is 9.47 Å². The zero-order chi connectivity index (χ0) is 23.0. The Morgan fingerprint density at radius 3 is 2.58 bits per heavy atom. The molecule has 33 heavy (non-hydrogen) atoms. The van der Waals surface area contributed by atoms with Gasteiger partial charge in [-0.3, -0.25) is 4.90 Å². The molecule has 172 valence electrons. The number of fused-ring (bicyclic) bond motifs is 2. The van der Waals surface area contributed by atoms with E-state index in [2.05, 4.69) is 44.0 Å². The van der Waals surface area contributed by atoms with Crippen molar-refractivity contribution in [3.63, 3.8) is 0 Å². The van der Waals surface area contributed by atoms with Gasteiger partial charge in [-0.05, 0) is 24.7 Å². The Kier molecular flexibility index (Phi) is 5.60. The molecule has 1 atom stereocenters. The molecule has 0 saturated carbocycles. The van der Waals surface area contributed by atoms with E-state index in [1.807, 2.05) is 24.3 Å². The predicted molar refractivity (Wildman–Crippen MR) is 128 cm³/mol. The van der Waals surface area contributed by atoms with Crippen molar-refractivity contribution in [3.05, 3.63) is 47.8 Å². The number of nitrogens with zero attached hydrogens (tertiary/aromatic N) is 5. The molecule has 0 amide bonds. The third-order valence-electron chi connectivity index (χ3n) is 6.97. The van der Waals surface area contributed by atoms with E-state index < -0.39 is 5.54 Å². The van der Waals surface area contributed by atoms with E-state index in [4.69, 9.17) is 9.47 Å². The smallest absolute Gasteiger partial charge is 0.162 e. The Morgan fingerprint density at radius 1 is 1.12 bits per heavy atom. The van der Waals surface area contributed by atoms with E-state index in [-0.39, 0.29) is 0 Å². The van der Waals surface area contributed by atoms with Crippen molar-refractivity contribution in [2.45, 2.75) is 18.5 Å². The molecule has 5 rings (SSSR count). The molecular weight excluding hydrogens is 416 g/mol. The number of piperazine rings is 1. The molecule has 1 saturated heterocycles. The third-order valence-corrected chi connectivity index (χ3v) is 6.97. The number of ether oxygens (including phenoxy) is 2.